The Balaban J connectivity index is 2.57. The highest BCUT2D eigenvalue weighted by Crippen LogP contribution is 2.28. The lowest BCUT2D eigenvalue weighted by Crippen LogP contribution is -2.50. The Morgan fingerprint density at radius 3 is 2.44 bits per heavy atom. The van der Waals surface area contributed by atoms with Crippen molar-refractivity contribution in [3.8, 4) is 0 Å². The van der Waals surface area contributed by atoms with Gasteiger partial charge in [-0.1, -0.05) is 13.8 Å². The van der Waals surface area contributed by atoms with Gasteiger partial charge in [0.1, 0.15) is 0 Å². The molecule has 1 aliphatic heterocycles. The lowest BCUT2D eigenvalue weighted by atomic mass is 9.81. The highest BCUT2D eigenvalue weighted by molar-refractivity contribution is 4.86. The number of likely N-dealkylation sites (tertiary alicyclic amines) is 1. The monoisotopic (exact) mass is 255 g/mol. The van der Waals surface area contributed by atoms with Gasteiger partial charge in [-0.05, 0) is 58.8 Å². The summed E-state index contributed by atoms with van der Waals surface area (Å²) in [6.07, 6.45) is 5.26. The van der Waals surface area contributed by atoms with E-state index in [2.05, 4.69) is 50.1 Å². The van der Waals surface area contributed by atoms with Crippen molar-refractivity contribution in [2.75, 3.05) is 47.3 Å². The van der Waals surface area contributed by atoms with Gasteiger partial charge >= 0.3 is 0 Å². The smallest absolute Gasteiger partial charge is 0.0217 e. The van der Waals surface area contributed by atoms with Crippen LogP contribution in [0.2, 0.25) is 0 Å². The van der Waals surface area contributed by atoms with E-state index in [9.17, 15) is 0 Å². The van der Waals surface area contributed by atoms with Gasteiger partial charge in [-0.15, -0.1) is 0 Å². The number of rotatable bonds is 7. The van der Waals surface area contributed by atoms with E-state index in [-0.39, 0.29) is 0 Å². The molecule has 3 heteroatoms. The van der Waals surface area contributed by atoms with Crippen molar-refractivity contribution in [2.45, 2.75) is 45.6 Å². The second kappa shape index (κ2) is 7.46. The number of likely N-dealkylation sites (N-methyl/N-ethyl adjacent to an activating group) is 1. The molecule has 3 nitrogen and oxygen atoms in total. The van der Waals surface area contributed by atoms with Crippen LogP contribution in [0.3, 0.4) is 0 Å². The van der Waals surface area contributed by atoms with Crippen LogP contribution in [0.4, 0.5) is 0 Å². The Labute approximate surface area is 114 Å². The van der Waals surface area contributed by atoms with Crippen molar-refractivity contribution in [3.05, 3.63) is 0 Å². The first-order valence-corrected chi connectivity index (χ1v) is 7.60. The molecule has 0 aromatic heterocycles. The topological polar surface area (TPSA) is 18.5 Å². The number of hydrogen-bond acceptors (Lipinski definition) is 3. The fraction of sp³-hybridized carbons (Fsp3) is 1.00. The van der Waals surface area contributed by atoms with Crippen molar-refractivity contribution < 1.29 is 0 Å². The van der Waals surface area contributed by atoms with E-state index in [4.69, 9.17) is 0 Å². The Bertz CT molecular complexity index is 224. The highest BCUT2D eigenvalue weighted by atomic mass is 15.2. The number of nitrogens with one attached hydrogen (secondary N) is 1. The normalized spacial score (nSPS) is 22.7. The Hall–Kier alpha value is -0.120. The molecule has 1 aliphatic rings. The lowest BCUT2D eigenvalue weighted by Gasteiger charge is -2.42. The van der Waals surface area contributed by atoms with Gasteiger partial charge in [0.15, 0.2) is 0 Å². The highest BCUT2D eigenvalue weighted by Gasteiger charge is 2.30. The Kier molecular flexibility index (Phi) is 6.61. The van der Waals surface area contributed by atoms with Crippen molar-refractivity contribution in [1.29, 1.82) is 0 Å². The van der Waals surface area contributed by atoms with Gasteiger partial charge in [-0.3, -0.25) is 0 Å². The summed E-state index contributed by atoms with van der Waals surface area (Å²) in [7, 11) is 6.52. The molecule has 0 aromatic rings. The van der Waals surface area contributed by atoms with Gasteiger partial charge in [-0.25, -0.2) is 0 Å². The van der Waals surface area contributed by atoms with Crippen molar-refractivity contribution in [2.24, 2.45) is 5.41 Å². The fourth-order valence-corrected chi connectivity index (χ4v) is 3.23. The maximum Gasteiger partial charge on any atom is 0.0217 e. The lowest BCUT2D eigenvalue weighted by molar-refractivity contribution is 0.0789. The van der Waals surface area contributed by atoms with Crippen LogP contribution >= 0.6 is 0 Å². The van der Waals surface area contributed by atoms with Crippen LogP contribution in [0.15, 0.2) is 0 Å². The maximum atomic E-state index is 3.40. The van der Waals surface area contributed by atoms with E-state index in [1.54, 1.807) is 0 Å². The summed E-state index contributed by atoms with van der Waals surface area (Å²) in [4.78, 5) is 5.09. The van der Waals surface area contributed by atoms with Crippen molar-refractivity contribution in [1.82, 2.24) is 15.1 Å². The molecule has 1 heterocycles. The summed E-state index contributed by atoms with van der Waals surface area (Å²) in [6.45, 7) is 9.62. The molecular weight excluding hydrogens is 222 g/mol. The summed E-state index contributed by atoms with van der Waals surface area (Å²) < 4.78 is 0. The zero-order valence-electron chi connectivity index (χ0n) is 13.1. The number of piperidine rings is 1. The minimum Gasteiger partial charge on any atom is -0.319 e. The van der Waals surface area contributed by atoms with Crippen LogP contribution in [-0.4, -0.2) is 63.2 Å². The third-order valence-corrected chi connectivity index (χ3v) is 4.82. The predicted octanol–water partition coefficient (Wildman–Crippen LogP) is 2.04. The molecule has 0 amide bonds. The van der Waals surface area contributed by atoms with E-state index in [1.165, 1.54) is 45.3 Å². The molecule has 0 spiro atoms. The molecule has 0 radical (unpaired) electrons. The molecule has 0 aliphatic carbocycles. The van der Waals surface area contributed by atoms with Gasteiger partial charge in [0.2, 0.25) is 0 Å². The first kappa shape index (κ1) is 15.9. The summed E-state index contributed by atoms with van der Waals surface area (Å²) in [5.41, 5.74) is 0.461. The van der Waals surface area contributed by atoms with E-state index >= 15 is 0 Å². The largest absolute Gasteiger partial charge is 0.319 e. The summed E-state index contributed by atoms with van der Waals surface area (Å²) >= 11 is 0. The van der Waals surface area contributed by atoms with Gasteiger partial charge in [0.05, 0.1) is 0 Å². The summed E-state index contributed by atoms with van der Waals surface area (Å²) in [5, 5.41) is 3.40. The van der Waals surface area contributed by atoms with E-state index < -0.39 is 0 Å². The Morgan fingerprint density at radius 1 is 1.28 bits per heavy atom. The van der Waals surface area contributed by atoms with Gasteiger partial charge in [-0.2, -0.15) is 0 Å². The van der Waals surface area contributed by atoms with Gasteiger partial charge < -0.3 is 15.1 Å². The maximum absolute atomic E-state index is 3.40. The third kappa shape index (κ3) is 4.22. The molecule has 108 valence electrons. The van der Waals surface area contributed by atoms with E-state index in [0.29, 0.717) is 5.41 Å². The summed E-state index contributed by atoms with van der Waals surface area (Å²) in [6, 6.07) is 0.750. The van der Waals surface area contributed by atoms with Crippen LogP contribution in [0.1, 0.15) is 39.5 Å². The molecule has 0 aromatic carbocycles. The van der Waals surface area contributed by atoms with Gasteiger partial charge in [0.25, 0.3) is 0 Å². The zero-order valence-corrected chi connectivity index (χ0v) is 13.1. The molecule has 0 saturated carbocycles. The zero-order chi connectivity index (χ0) is 13.6. The standard InChI is InChI=1S/C15H33N3/c1-6-15(7-2,12-16-3)13-18-10-8-9-14(11-18)17(4)5/h14,16H,6-13H2,1-5H3. The van der Waals surface area contributed by atoms with Crippen LogP contribution in [-0.2, 0) is 0 Å². The first-order valence-electron chi connectivity index (χ1n) is 7.60. The van der Waals surface area contributed by atoms with Crippen LogP contribution in [0, 0.1) is 5.41 Å². The minimum atomic E-state index is 0.461. The average molecular weight is 255 g/mol. The molecule has 1 fully saturated rings. The quantitative estimate of drug-likeness (QED) is 0.751. The van der Waals surface area contributed by atoms with Crippen LogP contribution < -0.4 is 5.32 Å². The van der Waals surface area contributed by atoms with Crippen LogP contribution in [0.5, 0.6) is 0 Å². The average Bonchev–Trinajstić information content (AvgIpc) is 2.38. The summed E-state index contributed by atoms with van der Waals surface area (Å²) in [5.74, 6) is 0. The third-order valence-electron chi connectivity index (χ3n) is 4.82. The van der Waals surface area contributed by atoms with Gasteiger partial charge in [0, 0.05) is 25.7 Å². The van der Waals surface area contributed by atoms with Crippen molar-refractivity contribution >= 4 is 0 Å². The molecule has 0 bridgehead atoms. The molecule has 18 heavy (non-hydrogen) atoms. The Morgan fingerprint density at radius 2 is 1.94 bits per heavy atom. The first-order chi connectivity index (χ1) is 8.56. The molecule has 1 saturated heterocycles. The molecular formula is C15H33N3. The van der Waals surface area contributed by atoms with Crippen molar-refractivity contribution in [3.63, 3.8) is 0 Å². The number of nitrogens with zero attached hydrogens (tertiary/aromatic N) is 2. The predicted molar refractivity (Wildman–Crippen MR) is 80.1 cm³/mol. The second-order valence-corrected chi connectivity index (χ2v) is 6.23. The molecule has 1 rings (SSSR count). The number of hydrogen-bond donors (Lipinski definition) is 1. The minimum absolute atomic E-state index is 0.461. The van der Waals surface area contributed by atoms with E-state index in [1.807, 2.05) is 0 Å². The SMILES string of the molecule is CCC(CC)(CNC)CN1CCCC(N(C)C)C1. The molecule has 1 unspecified atom stereocenters. The van der Waals surface area contributed by atoms with Crippen LogP contribution in [0.25, 0.3) is 0 Å². The molecule has 1 atom stereocenters. The molecule has 1 N–H and O–H groups in total. The second-order valence-electron chi connectivity index (χ2n) is 6.23. The fourth-order valence-electron chi connectivity index (χ4n) is 3.23. The van der Waals surface area contributed by atoms with E-state index in [0.717, 1.165) is 12.6 Å².